The monoisotopic (exact) mass is 317 g/mol. The van der Waals surface area contributed by atoms with E-state index in [0.29, 0.717) is 37.8 Å². The highest BCUT2D eigenvalue weighted by Crippen LogP contribution is 2.13. The van der Waals surface area contributed by atoms with Gasteiger partial charge in [0.25, 0.3) is 0 Å². The second-order valence-electron chi connectivity index (χ2n) is 4.89. The Morgan fingerprint density at radius 2 is 2.35 bits per heavy atom. The van der Waals surface area contributed by atoms with Gasteiger partial charge < -0.3 is 14.6 Å². The van der Waals surface area contributed by atoms with Crippen LogP contribution in [-0.4, -0.2) is 58.3 Å². The molecular weight excluding hydrogens is 302 g/mol. The molecule has 3 rings (SSSR count). The summed E-state index contributed by atoms with van der Waals surface area (Å²) in [6.07, 6.45) is 3.25. The van der Waals surface area contributed by atoms with Gasteiger partial charge in [-0.3, -0.25) is 14.7 Å². The summed E-state index contributed by atoms with van der Waals surface area (Å²) in [5.74, 6) is 0.625. The molecule has 0 aliphatic carbocycles. The number of hydrogen-bond acceptors (Lipinski definition) is 7. The molecule has 0 radical (unpaired) electrons. The van der Waals surface area contributed by atoms with Gasteiger partial charge in [0.1, 0.15) is 13.2 Å². The Kier molecular flexibility index (Phi) is 4.46. The molecule has 1 aliphatic heterocycles. The zero-order valence-electron chi connectivity index (χ0n) is 12.3. The predicted molar refractivity (Wildman–Crippen MR) is 77.2 cm³/mol. The molecule has 9 heteroatoms. The summed E-state index contributed by atoms with van der Waals surface area (Å²) in [7, 11) is 0. The molecule has 1 N–H and O–H groups in total. The van der Waals surface area contributed by atoms with Crippen molar-refractivity contribution in [2.45, 2.75) is 6.42 Å². The number of hydrogen-bond donors (Lipinski definition) is 1. The molecule has 0 unspecified atom stereocenters. The van der Waals surface area contributed by atoms with Gasteiger partial charge in [0.05, 0.1) is 6.54 Å². The maximum atomic E-state index is 11.7. The van der Waals surface area contributed by atoms with E-state index in [4.69, 9.17) is 9.26 Å². The maximum Gasteiger partial charge on any atom is 0.410 e. The van der Waals surface area contributed by atoms with Gasteiger partial charge in [-0.1, -0.05) is 5.16 Å². The van der Waals surface area contributed by atoms with E-state index in [1.54, 1.807) is 18.5 Å². The minimum Gasteiger partial charge on any atom is -0.448 e. The first-order valence-corrected chi connectivity index (χ1v) is 7.14. The minimum absolute atomic E-state index is 0.0103. The van der Waals surface area contributed by atoms with Crippen molar-refractivity contribution in [3.05, 3.63) is 30.4 Å². The third kappa shape index (κ3) is 3.82. The number of aromatic nitrogens is 3. The van der Waals surface area contributed by atoms with Crippen LogP contribution >= 0.6 is 0 Å². The highest BCUT2D eigenvalue weighted by Gasteiger charge is 2.23. The molecule has 0 atom stereocenters. The zero-order valence-corrected chi connectivity index (χ0v) is 12.3. The largest absolute Gasteiger partial charge is 0.448 e. The summed E-state index contributed by atoms with van der Waals surface area (Å²) in [5, 5.41) is 6.57. The Labute approximate surface area is 131 Å². The Morgan fingerprint density at radius 3 is 3.09 bits per heavy atom. The SMILES string of the molecule is O=C(CN1CCOC1=O)NCCc1nc(-c2cccnc2)no1. The summed E-state index contributed by atoms with van der Waals surface area (Å²) >= 11 is 0. The van der Waals surface area contributed by atoms with Crippen LogP contribution in [0.5, 0.6) is 0 Å². The highest BCUT2D eigenvalue weighted by atomic mass is 16.6. The summed E-state index contributed by atoms with van der Waals surface area (Å²) < 4.78 is 9.88. The number of rotatable bonds is 6. The number of ether oxygens (including phenoxy) is 1. The van der Waals surface area contributed by atoms with Gasteiger partial charge in [0.15, 0.2) is 0 Å². The molecule has 2 aromatic heterocycles. The highest BCUT2D eigenvalue weighted by molar-refractivity contribution is 5.82. The normalized spacial score (nSPS) is 13.9. The lowest BCUT2D eigenvalue weighted by Crippen LogP contribution is -2.38. The van der Waals surface area contributed by atoms with Crippen LogP contribution in [0.2, 0.25) is 0 Å². The van der Waals surface area contributed by atoms with Crippen molar-refractivity contribution in [1.29, 1.82) is 0 Å². The third-order valence-electron chi connectivity index (χ3n) is 3.23. The molecule has 0 saturated carbocycles. The van der Waals surface area contributed by atoms with Gasteiger partial charge in [-0.05, 0) is 12.1 Å². The van der Waals surface area contributed by atoms with E-state index in [1.165, 1.54) is 4.90 Å². The van der Waals surface area contributed by atoms with Gasteiger partial charge >= 0.3 is 6.09 Å². The van der Waals surface area contributed by atoms with Crippen LogP contribution in [0, 0.1) is 0 Å². The van der Waals surface area contributed by atoms with Gasteiger partial charge in [0.2, 0.25) is 17.6 Å². The van der Waals surface area contributed by atoms with Gasteiger partial charge in [-0.15, -0.1) is 0 Å². The van der Waals surface area contributed by atoms with Crippen LogP contribution in [0.25, 0.3) is 11.4 Å². The molecule has 120 valence electrons. The van der Waals surface area contributed by atoms with Gasteiger partial charge in [0, 0.05) is 30.9 Å². The van der Waals surface area contributed by atoms with Crippen molar-refractivity contribution < 1.29 is 18.8 Å². The van der Waals surface area contributed by atoms with E-state index in [1.807, 2.05) is 6.07 Å². The van der Waals surface area contributed by atoms with E-state index in [2.05, 4.69) is 20.4 Å². The smallest absolute Gasteiger partial charge is 0.410 e. The molecule has 1 saturated heterocycles. The summed E-state index contributed by atoms with van der Waals surface area (Å²) in [6, 6.07) is 3.62. The van der Waals surface area contributed by atoms with Gasteiger partial charge in [-0.25, -0.2) is 4.79 Å². The molecule has 3 heterocycles. The van der Waals surface area contributed by atoms with Gasteiger partial charge in [-0.2, -0.15) is 4.98 Å². The Bertz CT molecular complexity index is 687. The standard InChI is InChI=1S/C14H15N5O4/c20-11(9-19-6-7-22-14(19)21)16-5-3-12-17-13(18-23-12)10-2-1-4-15-8-10/h1-2,4,8H,3,5-7,9H2,(H,16,20). The maximum absolute atomic E-state index is 11.7. The van der Waals surface area contributed by atoms with Crippen molar-refractivity contribution in [3.63, 3.8) is 0 Å². The quantitative estimate of drug-likeness (QED) is 0.812. The fraction of sp³-hybridized carbons (Fsp3) is 0.357. The van der Waals surface area contributed by atoms with Crippen LogP contribution in [-0.2, 0) is 16.0 Å². The van der Waals surface area contributed by atoms with Crippen LogP contribution in [0.1, 0.15) is 5.89 Å². The second-order valence-corrected chi connectivity index (χ2v) is 4.89. The van der Waals surface area contributed by atoms with E-state index in [-0.39, 0.29) is 12.5 Å². The predicted octanol–water partition coefficient (Wildman–Crippen LogP) is 0.242. The van der Waals surface area contributed by atoms with Crippen LogP contribution in [0.15, 0.2) is 29.0 Å². The molecule has 0 bridgehead atoms. The molecule has 0 aromatic carbocycles. The van der Waals surface area contributed by atoms with E-state index < -0.39 is 6.09 Å². The van der Waals surface area contributed by atoms with E-state index >= 15 is 0 Å². The lowest BCUT2D eigenvalue weighted by molar-refractivity contribution is -0.121. The second kappa shape index (κ2) is 6.86. The third-order valence-corrected chi connectivity index (χ3v) is 3.23. The van der Waals surface area contributed by atoms with Crippen molar-refractivity contribution in [1.82, 2.24) is 25.3 Å². The topological polar surface area (TPSA) is 110 Å². The molecule has 23 heavy (non-hydrogen) atoms. The molecule has 9 nitrogen and oxygen atoms in total. The number of carbonyl (C=O) groups is 2. The first-order valence-electron chi connectivity index (χ1n) is 7.14. The first-order chi connectivity index (χ1) is 11.2. The minimum atomic E-state index is -0.460. The van der Waals surface area contributed by atoms with Crippen molar-refractivity contribution >= 4 is 12.0 Å². The Balaban J connectivity index is 1.45. The number of nitrogens with one attached hydrogen (secondary N) is 1. The van der Waals surface area contributed by atoms with Crippen molar-refractivity contribution in [3.8, 4) is 11.4 Å². The summed E-state index contributed by atoms with van der Waals surface area (Å²) in [4.78, 5) is 32.5. The number of amides is 2. The molecule has 2 amide bonds. The van der Waals surface area contributed by atoms with E-state index in [0.717, 1.165) is 5.56 Å². The molecule has 0 spiro atoms. The van der Waals surface area contributed by atoms with Crippen LogP contribution < -0.4 is 5.32 Å². The molecule has 2 aromatic rings. The number of nitrogens with zero attached hydrogens (tertiary/aromatic N) is 4. The number of pyridine rings is 1. The number of carbonyl (C=O) groups excluding carboxylic acids is 2. The Morgan fingerprint density at radius 1 is 1.43 bits per heavy atom. The lowest BCUT2D eigenvalue weighted by Gasteiger charge is -2.11. The fourth-order valence-corrected chi connectivity index (χ4v) is 2.08. The van der Waals surface area contributed by atoms with Crippen molar-refractivity contribution in [2.24, 2.45) is 0 Å². The number of cyclic esters (lactones) is 1. The van der Waals surface area contributed by atoms with Crippen LogP contribution in [0.3, 0.4) is 0 Å². The van der Waals surface area contributed by atoms with E-state index in [9.17, 15) is 9.59 Å². The Hall–Kier alpha value is -2.97. The van der Waals surface area contributed by atoms with Crippen LogP contribution in [0.4, 0.5) is 4.79 Å². The lowest BCUT2D eigenvalue weighted by atomic mass is 10.3. The summed E-state index contributed by atoms with van der Waals surface area (Å²) in [6.45, 7) is 1.09. The van der Waals surface area contributed by atoms with Crippen molar-refractivity contribution in [2.75, 3.05) is 26.2 Å². The fourth-order valence-electron chi connectivity index (χ4n) is 2.08. The average molecular weight is 317 g/mol. The average Bonchev–Trinajstić information content (AvgIpc) is 3.18. The zero-order chi connectivity index (χ0) is 16.1. The molecule has 1 aliphatic rings. The molecular formula is C14H15N5O4. The summed E-state index contributed by atoms with van der Waals surface area (Å²) in [5.41, 5.74) is 0.763. The molecule has 1 fully saturated rings. The first kappa shape index (κ1) is 14.9.